The molecule has 0 spiro atoms. The molecular weight excluding hydrogens is 308 g/mol. The molecule has 0 saturated heterocycles. The summed E-state index contributed by atoms with van der Waals surface area (Å²) in [4.78, 5) is 4.29. The Labute approximate surface area is 132 Å². The average Bonchev–Trinajstić information content (AvgIpc) is 2.79. The number of hydrogen-bond acceptors (Lipinski definition) is 4. The molecule has 21 heavy (non-hydrogen) atoms. The van der Waals surface area contributed by atoms with Crippen molar-refractivity contribution in [3.63, 3.8) is 0 Å². The minimum atomic E-state index is -3.76. The molecule has 3 N–H and O–H groups in total. The van der Waals surface area contributed by atoms with Gasteiger partial charge in [0.15, 0.2) is 5.03 Å². The molecule has 0 aliphatic heterocycles. The van der Waals surface area contributed by atoms with Gasteiger partial charge in [0.1, 0.15) is 5.82 Å². The van der Waals surface area contributed by atoms with E-state index in [2.05, 4.69) is 9.71 Å². The van der Waals surface area contributed by atoms with Crippen LogP contribution in [0.15, 0.2) is 11.2 Å². The molecule has 1 aromatic heterocycles. The topological polar surface area (TPSA) is 90.0 Å². The van der Waals surface area contributed by atoms with Crippen molar-refractivity contribution in [1.29, 1.82) is 0 Å². The first-order valence-corrected chi connectivity index (χ1v) is 8.99. The van der Waals surface area contributed by atoms with Crippen molar-refractivity contribution >= 4 is 27.2 Å². The van der Waals surface area contributed by atoms with Gasteiger partial charge in [0.25, 0.3) is 10.0 Å². The van der Waals surface area contributed by atoms with Gasteiger partial charge >= 0.3 is 0 Å². The van der Waals surface area contributed by atoms with Crippen molar-refractivity contribution in [2.24, 2.45) is 5.73 Å². The molecule has 0 atom stereocenters. The fraction of sp³-hybridized carbons (Fsp3) is 0.692. The first-order chi connectivity index (χ1) is 9.72. The lowest BCUT2D eigenvalue weighted by molar-refractivity contribution is 0.464. The summed E-state index contributed by atoms with van der Waals surface area (Å²) in [5, 5.41) is 0.0102. The van der Waals surface area contributed by atoms with Crippen molar-refractivity contribution in [1.82, 2.24) is 14.3 Å². The first-order valence-electron chi connectivity index (χ1n) is 7.10. The second-order valence-electron chi connectivity index (χ2n) is 5.08. The summed E-state index contributed by atoms with van der Waals surface area (Å²) in [6.07, 6.45) is 3.45. The third kappa shape index (κ3) is 3.81. The molecule has 1 rings (SSSR count). The molecule has 6 nitrogen and oxygen atoms in total. The molecule has 0 fully saturated rings. The van der Waals surface area contributed by atoms with Gasteiger partial charge in [-0.25, -0.2) is 13.4 Å². The summed E-state index contributed by atoms with van der Waals surface area (Å²) in [5.41, 5.74) is 4.83. The van der Waals surface area contributed by atoms with E-state index in [1.807, 2.05) is 25.3 Å². The Hall–Kier alpha value is -0.990. The highest BCUT2D eigenvalue weighted by molar-refractivity contribution is 7.89. The number of sulfonamides is 1. The van der Waals surface area contributed by atoms with Crippen LogP contribution < -0.4 is 10.5 Å². The standard InChI is InChI=1S/C13H24N4O2S2/c1-5-8-17-9-11(15-10(17)4)21(18,19)16-13(6-2,7-3)12(14)20/h9,16H,5-8H2,1-4H3,(H2,14,20). The van der Waals surface area contributed by atoms with Gasteiger partial charge in [0, 0.05) is 12.7 Å². The Bertz CT molecular complexity index is 604. The SMILES string of the molecule is CCCn1cc(S(=O)(=O)NC(CC)(CC)C(N)=S)nc1C. The fourth-order valence-corrected chi connectivity index (χ4v) is 4.12. The van der Waals surface area contributed by atoms with Crippen LogP contribution in [0.2, 0.25) is 0 Å². The van der Waals surface area contributed by atoms with E-state index in [-0.39, 0.29) is 10.0 Å². The van der Waals surface area contributed by atoms with Crippen molar-refractivity contribution in [2.75, 3.05) is 0 Å². The lowest BCUT2D eigenvalue weighted by atomic mass is 9.94. The van der Waals surface area contributed by atoms with Gasteiger partial charge in [-0.3, -0.25) is 0 Å². The van der Waals surface area contributed by atoms with E-state index in [0.717, 1.165) is 13.0 Å². The molecular formula is C13H24N4O2S2. The molecule has 0 aliphatic rings. The van der Waals surface area contributed by atoms with Crippen LogP contribution in [-0.2, 0) is 16.6 Å². The van der Waals surface area contributed by atoms with Crippen LogP contribution in [0.1, 0.15) is 45.9 Å². The summed E-state index contributed by atoms with van der Waals surface area (Å²) < 4.78 is 29.5. The van der Waals surface area contributed by atoms with Crippen molar-refractivity contribution in [2.45, 2.75) is 64.1 Å². The zero-order valence-corrected chi connectivity index (χ0v) is 14.6. The van der Waals surface area contributed by atoms with Gasteiger partial charge in [0.05, 0.1) is 10.5 Å². The number of nitrogens with two attached hydrogens (primary N) is 1. The maximum atomic E-state index is 12.5. The van der Waals surface area contributed by atoms with Crippen LogP contribution in [0.4, 0.5) is 0 Å². The van der Waals surface area contributed by atoms with Crippen molar-refractivity contribution in [3.05, 3.63) is 12.0 Å². The second-order valence-corrected chi connectivity index (χ2v) is 7.15. The van der Waals surface area contributed by atoms with Crippen molar-refractivity contribution < 1.29 is 8.42 Å². The summed E-state index contributed by atoms with van der Waals surface area (Å²) in [7, 11) is -3.76. The number of aromatic nitrogens is 2. The minimum Gasteiger partial charge on any atom is -0.392 e. The van der Waals surface area contributed by atoms with E-state index < -0.39 is 15.6 Å². The van der Waals surface area contributed by atoms with Crippen LogP contribution in [0.3, 0.4) is 0 Å². The van der Waals surface area contributed by atoms with Gasteiger partial charge in [-0.2, -0.15) is 4.72 Å². The molecule has 0 bridgehead atoms. The van der Waals surface area contributed by atoms with Crippen LogP contribution in [0, 0.1) is 6.92 Å². The van der Waals surface area contributed by atoms with Gasteiger partial charge < -0.3 is 10.3 Å². The van der Waals surface area contributed by atoms with Gasteiger partial charge in [-0.1, -0.05) is 33.0 Å². The third-order valence-corrected chi connectivity index (χ3v) is 5.50. The van der Waals surface area contributed by atoms with E-state index in [0.29, 0.717) is 18.7 Å². The highest BCUT2D eigenvalue weighted by Gasteiger charge is 2.36. The number of hydrogen-bond donors (Lipinski definition) is 2. The normalized spacial score (nSPS) is 12.6. The molecule has 0 amide bonds. The van der Waals surface area contributed by atoms with E-state index >= 15 is 0 Å². The predicted octanol–water partition coefficient (Wildman–Crippen LogP) is 1.72. The van der Waals surface area contributed by atoms with Crippen LogP contribution in [0.5, 0.6) is 0 Å². The molecule has 120 valence electrons. The summed E-state index contributed by atoms with van der Waals surface area (Å²) in [6, 6.07) is 0. The molecule has 0 aliphatic carbocycles. The maximum Gasteiger partial charge on any atom is 0.260 e. The Balaban J connectivity index is 3.16. The number of nitrogens with one attached hydrogen (secondary N) is 1. The predicted molar refractivity (Wildman–Crippen MR) is 87.7 cm³/mol. The molecule has 1 heterocycles. The van der Waals surface area contributed by atoms with Crippen LogP contribution in [-0.4, -0.2) is 28.5 Å². The van der Waals surface area contributed by atoms with Crippen LogP contribution >= 0.6 is 12.2 Å². The monoisotopic (exact) mass is 332 g/mol. The zero-order chi connectivity index (χ0) is 16.3. The first kappa shape index (κ1) is 18.1. The van der Waals surface area contributed by atoms with E-state index in [1.54, 1.807) is 13.1 Å². The van der Waals surface area contributed by atoms with Gasteiger partial charge in [-0.05, 0) is 26.2 Å². The summed E-state index contributed by atoms with van der Waals surface area (Å²) >= 11 is 5.04. The lowest BCUT2D eigenvalue weighted by Gasteiger charge is -2.30. The Morgan fingerprint density at radius 1 is 1.43 bits per heavy atom. The van der Waals surface area contributed by atoms with E-state index in [4.69, 9.17) is 18.0 Å². The van der Waals surface area contributed by atoms with Gasteiger partial charge in [-0.15, -0.1) is 0 Å². The zero-order valence-electron chi connectivity index (χ0n) is 13.0. The summed E-state index contributed by atoms with van der Waals surface area (Å²) in [5.74, 6) is 0.672. The van der Waals surface area contributed by atoms with Gasteiger partial charge in [0.2, 0.25) is 0 Å². The number of aryl methyl sites for hydroxylation is 2. The minimum absolute atomic E-state index is 0.0102. The Kier molecular flexibility index (Phi) is 5.89. The largest absolute Gasteiger partial charge is 0.392 e. The number of nitrogens with zero attached hydrogens (tertiary/aromatic N) is 2. The van der Waals surface area contributed by atoms with Crippen molar-refractivity contribution in [3.8, 4) is 0 Å². The number of imidazole rings is 1. The van der Waals surface area contributed by atoms with Crippen LogP contribution in [0.25, 0.3) is 0 Å². The molecule has 0 radical (unpaired) electrons. The lowest BCUT2D eigenvalue weighted by Crippen LogP contribution is -2.55. The summed E-state index contributed by atoms with van der Waals surface area (Å²) in [6.45, 7) is 8.25. The molecule has 8 heteroatoms. The maximum absolute atomic E-state index is 12.5. The molecule has 0 saturated carbocycles. The molecule has 0 aromatic carbocycles. The second kappa shape index (κ2) is 6.85. The Morgan fingerprint density at radius 3 is 2.43 bits per heavy atom. The highest BCUT2D eigenvalue weighted by Crippen LogP contribution is 2.20. The smallest absolute Gasteiger partial charge is 0.260 e. The quantitative estimate of drug-likeness (QED) is 0.708. The number of thiocarbonyl (C=S) groups is 1. The molecule has 1 aromatic rings. The number of rotatable bonds is 8. The third-order valence-electron chi connectivity index (χ3n) is 3.70. The highest BCUT2D eigenvalue weighted by atomic mass is 32.2. The Morgan fingerprint density at radius 2 is 2.00 bits per heavy atom. The molecule has 0 unspecified atom stereocenters. The fourth-order valence-electron chi connectivity index (χ4n) is 2.18. The van der Waals surface area contributed by atoms with E-state index in [1.165, 1.54) is 0 Å². The average molecular weight is 332 g/mol. The van der Waals surface area contributed by atoms with E-state index in [9.17, 15) is 8.42 Å².